The van der Waals surface area contributed by atoms with E-state index in [1.807, 2.05) is 0 Å². The Morgan fingerprint density at radius 2 is 1.57 bits per heavy atom. The van der Waals surface area contributed by atoms with E-state index in [0.29, 0.717) is 29.0 Å². The SMILES string of the molecule is COc1ccccc1-c1ccc(N2CC(F)(F)C2)nc1CN1C(=O)OC(c2cc(C(F)(F)F)cc(C(F)(F)F)c2)C1C. The van der Waals surface area contributed by atoms with Gasteiger partial charge in [-0.3, -0.25) is 4.90 Å². The van der Waals surface area contributed by atoms with Crippen molar-refractivity contribution in [3.05, 3.63) is 77.0 Å². The first kappa shape index (κ1) is 29.4. The van der Waals surface area contributed by atoms with Crippen molar-refractivity contribution >= 4 is 11.9 Å². The van der Waals surface area contributed by atoms with Crippen LogP contribution in [-0.2, 0) is 23.6 Å². The molecule has 0 aliphatic carbocycles. The topological polar surface area (TPSA) is 54.9 Å². The van der Waals surface area contributed by atoms with Gasteiger partial charge < -0.3 is 14.4 Å². The number of aromatic nitrogens is 1. The van der Waals surface area contributed by atoms with Crippen LogP contribution in [0, 0.1) is 0 Å². The third kappa shape index (κ3) is 5.66. The third-order valence-corrected chi connectivity index (χ3v) is 7.18. The van der Waals surface area contributed by atoms with Crippen LogP contribution in [0.25, 0.3) is 11.1 Å². The summed E-state index contributed by atoms with van der Waals surface area (Å²) in [5, 5.41) is 0. The smallest absolute Gasteiger partial charge is 0.416 e. The van der Waals surface area contributed by atoms with Gasteiger partial charge in [-0.15, -0.1) is 0 Å². The molecule has 2 unspecified atom stereocenters. The summed E-state index contributed by atoms with van der Waals surface area (Å²) in [7, 11) is 1.44. The van der Waals surface area contributed by atoms with E-state index in [2.05, 4.69) is 4.98 Å². The van der Waals surface area contributed by atoms with E-state index in [-0.39, 0.29) is 24.1 Å². The Morgan fingerprint density at radius 3 is 2.14 bits per heavy atom. The Balaban J connectivity index is 1.52. The number of pyridine rings is 1. The van der Waals surface area contributed by atoms with Gasteiger partial charge in [0.25, 0.3) is 5.92 Å². The van der Waals surface area contributed by atoms with Crippen molar-refractivity contribution in [2.45, 2.75) is 43.9 Å². The second-order valence-electron chi connectivity index (χ2n) is 10.1. The van der Waals surface area contributed by atoms with Gasteiger partial charge in [-0.05, 0) is 48.9 Å². The molecule has 6 nitrogen and oxygen atoms in total. The van der Waals surface area contributed by atoms with Gasteiger partial charge in [0.2, 0.25) is 0 Å². The van der Waals surface area contributed by atoms with Crippen molar-refractivity contribution in [1.29, 1.82) is 0 Å². The molecule has 2 atom stereocenters. The lowest BCUT2D eigenvalue weighted by molar-refractivity contribution is -0.143. The molecule has 1 aromatic heterocycles. The lowest BCUT2D eigenvalue weighted by atomic mass is 9.97. The predicted octanol–water partition coefficient (Wildman–Crippen LogP) is 7.33. The van der Waals surface area contributed by atoms with Crippen molar-refractivity contribution in [3.63, 3.8) is 0 Å². The Hall–Kier alpha value is -4.10. The molecule has 0 spiro atoms. The van der Waals surface area contributed by atoms with Crippen LogP contribution in [0.5, 0.6) is 5.75 Å². The van der Waals surface area contributed by atoms with E-state index in [9.17, 15) is 39.9 Å². The summed E-state index contributed by atoms with van der Waals surface area (Å²) in [6.07, 6.45) is -12.6. The summed E-state index contributed by atoms with van der Waals surface area (Å²) in [5.74, 6) is -2.23. The fourth-order valence-electron chi connectivity index (χ4n) is 5.04. The Morgan fingerprint density at radius 1 is 0.952 bits per heavy atom. The van der Waals surface area contributed by atoms with Crippen LogP contribution in [0.4, 0.5) is 45.7 Å². The number of para-hydroxylation sites is 1. The van der Waals surface area contributed by atoms with Crippen LogP contribution >= 0.6 is 0 Å². The van der Waals surface area contributed by atoms with Crippen LogP contribution in [0.15, 0.2) is 54.6 Å². The maximum atomic E-state index is 13.6. The van der Waals surface area contributed by atoms with Gasteiger partial charge in [-0.2, -0.15) is 26.3 Å². The fourth-order valence-corrected chi connectivity index (χ4v) is 5.04. The molecular weight excluding hydrogens is 578 g/mol. The van der Waals surface area contributed by atoms with Crippen molar-refractivity contribution in [2.75, 3.05) is 25.1 Å². The first-order valence-electron chi connectivity index (χ1n) is 12.6. The molecule has 2 saturated heterocycles. The van der Waals surface area contributed by atoms with E-state index in [0.717, 1.165) is 4.90 Å². The number of carbonyl (C=O) groups excluding carboxylic acids is 1. The molecule has 42 heavy (non-hydrogen) atoms. The van der Waals surface area contributed by atoms with Crippen molar-refractivity contribution in [2.24, 2.45) is 0 Å². The number of hydrogen-bond acceptors (Lipinski definition) is 5. The number of cyclic esters (lactones) is 1. The normalized spacial score (nSPS) is 20.4. The first-order chi connectivity index (χ1) is 19.6. The summed E-state index contributed by atoms with van der Waals surface area (Å²) in [6.45, 7) is 0.0161. The van der Waals surface area contributed by atoms with Gasteiger partial charge >= 0.3 is 18.4 Å². The lowest BCUT2D eigenvalue weighted by Gasteiger charge is -2.39. The summed E-state index contributed by atoms with van der Waals surface area (Å²) in [5.41, 5.74) is -2.27. The number of benzene rings is 2. The fraction of sp³-hybridized carbons (Fsp3) is 0.357. The number of halogens is 8. The zero-order chi connectivity index (χ0) is 30.6. The average Bonchev–Trinajstić information content (AvgIpc) is 3.19. The molecule has 224 valence electrons. The number of hydrogen-bond donors (Lipinski definition) is 0. The average molecular weight is 601 g/mol. The van der Waals surface area contributed by atoms with Crippen LogP contribution < -0.4 is 9.64 Å². The highest BCUT2D eigenvalue weighted by Crippen LogP contribution is 2.42. The molecule has 14 heteroatoms. The predicted molar refractivity (Wildman–Crippen MR) is 134 cm³/mol. The van der Waals surface area contributed by atoms with Gasteiger partial charge in [0.15, 0.2) is 0 Å². The molecule has 0 saturated carbocycles. The quantitative estimate of drug-likeness (QED) is 0.277. The second kappa shape index (κ2) is 10.3. The third-order valence-electron chi connectivity index (χ3n) is 7.18. The van der Waals surface area contributed by atoms with Gasteiger partial charge in [-0.1, -0.05) is 18.2 Å². The molecule has 2 aliphatic heterocycles. The van der Waals surface area contributed by atoms with Crippen LogP contribution in [-0.4, -0.2) is 48.1 Å². The Bertz CT molecular complexity index is 1470. The van der Waals surface area contributed by atoms with Crippen molar-refractivity contribution in [1.82, 2.24) is 9.88 Å². The number of ether oxygens (including phenoxy) is 2. The van der Waals surface area contributed by atoms with Gasteiger partial charge in [0, 0.05) is 11.1 Å². The number of alkyl halides is 8. The molecule has 3 heterocycles. The van der Waals surface area contributed by atoms with Gasteiger partial charge in [0.1, 0.15) is 17.7 Å². The zero-order valence-corrected chi connectivity index (χ0v) is 22.1. The maximum Gasteiger partial charge on any atom is 0.416 e. The van der Waals surface area contributed by atoms with Crippen LogP contribution in [0.1, 0.15) is 35.4 Å². The number of rotatable bonds is 6. The minimum Gasteiger partial charge on any atom is -0.496 e. The highest BCUT2D eigenvalue weighted by Gasteiger charge is 2.46. The molecular formula is C28H23F8N3O3. The summed E-state index contributed by atoms with van der Waals surface area (Å²) >= 11 is 0. The number of carbonyl (C=O) groups is 1. The number of nitrogens with zero attached hydrogens (tertiary/aromatic N) is 3. The van der Waals surface area contributed by atoms with E-state index < -0.39 is 66.3 Å². The van der Waals surface area contributed by atoms with E-state index in [1.165, 1.54) is 25.0 Å². The standard InChI is InChI=1S/C28H23F8N3O3/c1-15-24(16-9-17(27(31,32)33)11-18(10-16)28(34,35)36)42-25(40)39(15)12-21-19(20-5-3-4-6-22(20)41-2)7-8-23(37-21)38-13-26(29,30)14-38/h3-11,15,24H,12-14H2,1-2H3. The molecule has 2 aromatic carbocycles. The van der Waals surface area contributed by atoms with Crippen LogP contribution in [0.3, 0.4) is 0 Å². The summed E-state index contributed by atoms with van der Waals surface area (Å²) in [4.78, 5) is 20.0. The first-order valence-corrected chi connectivity index (χ1v) is 12.6. The van der Waals surface area contributed by atoms with E-state index in [4.69, 9.17) is 9.47 Å². The van der Waals surface area contributed by atoms with E-state index in [1.54, 1.807) is 30.3 Å². The zero-order valence-electron chi connectivity index (χ0n) is 22.1. The molecule has 0 radical (unpaired) electrons. The lowest BCUT2D eigenvalue weighted by Crippen LogP contribution is -2.56. The second-order valence-corrected chi connectivity index (χ2v) is 10.1. The van der Waals surface area contributed by atoms with E-state index >= 15 is 0 Å². The Kier molecular flexibility index (Phi) is 7.22. The highest BCUT2D eigenvalue weighted by molar-refractivity contribution is 5.75. The number of methoxy groups -OCH3 is 1. The molecule has 0 bridgehead atoms. The Labute approximate surface area is 234 Å². The molecule has 2 aliphatic rings. The summed E-state index contributed by atoms with van der Waals surface area (Å²) in [6, 6.07) is 10.0. The minimum atomic E-state index is -5.08. The number of anilines is 1. The highest BCUT2D eigenvalue weighted by atomic mass is 19.4. The summed E-state index contributed by atoms with van der Waals surface area (Å²) < 4.78 is 119. The molecule has 5 rings (SSSR count). The largest absolute Gasteiger partial charge is 0.496 e. The molecule has 1 amide bonds. The minimum absolute atomic E-state index is 0.00302. The van der Waals surface area contributed by atoms with Crippen LogP contribution in [0.2, 0.25) is 0 Å². The number of amides is 1. The molecule has 3 aromatic rings. The van der Waals surface area contributed by atoms with Crippen molar-refractivity contribution in [3.8, 4) is 16.9 Å². The van der Waals surface area contributed by atoms with Crippen molar-refractivity contribution < 1.29 is 49.4 Å². The monoisotopic (exact) mass is 601 g/mol. The molecule has 2 fully saturated rings. The van der Waals surface area contributed by atoms with Gasteiger partial charge in [0.05, 0.1) is 49.6 Å². The molecule has 0 N–H and O–H groups in total. The maximum absolute atomic E-state index is 13.6. The van der Waals surface area contributed by atoms with Gasteiger partial charge in [-0.25, -0.2) is 18.6 Å².